The Balaban J connectivity index is 1.91. The molecule has 1 aliphatic carbocycles. The van der Waals surface area contributed by atoms with Gasteiger partial charge in [-0.15, -0.1) is 0 Å². The molecule has 29 heavy (non-hydrogen) atoms. The van der Waals surface area contributed by atoms with Gasteiger partial charge in [-0.3, -0.25) is 4.79 Å². The van der Waals surface area contributed by atoms with Crippen LogP contribution in [0.3, 0.4) is 0 Å². The van der Waals surface area contributed by atoms with E-state index in [1.54, 1.807) is 12.1 Å². The fourth-order valence-electron chi connectivity index (χ4n) is 3.22. The lowest BCUT2D eigenvalue weighted by Crippen LogP contribution is -2.34. The molecule has 1 fully saturated rings. The minimum atomic E-state index is -4.66. The summed E-state index contributed by atoms with van der Waals surface area (Å²) in [6.45, 7) is 0.891. The monoisotopic (exact) mass is 447 g/mol. The van der Waals surface area contributed by atoms with Crippen molar-refractivity contribution in [2.24, 2.45) is 11.8 Å². The predicted molar refractivity (Wildman–Crippen MR) is 106 cm³/mol. The van der Waals surface area contributed by atoms with Crippen molar-refractivity contribution in [3.05, 3.63) is 63.4 Å². The standard InChI is InChI=1S/C21H19Cl2F4NO/c1-11(21(25,26)27)19(14-5-7-15(22)17(24)10-14)20(29)28-18-9-13(4-6-16(18)23)8-12-2-3-12/h4-7,9-12,19H,2-3,8H2,1H3,(H,28,29)/t11-,19+/m1/s1. The van der Waals surface area contributed by atoms with Crippen LogP contribution in [0, 0.1) is 17.7 Å². The van der Waals surface area contributed by atoms with Crippen molar-refractivity contribution in [1.29, 1.82) is 0 Å². The number of amides is 1. The number of carbonyl (C=O) groups is 1. The number of carbonyl (C=O) groups excluding carboxylic acids is 1. The molecule has 2 nitrogen and oxygen atoms in total. The van der Waals surface area contributed by atoms with Crippen molar-refractivity contribution in [1.82, 2.24) is 0 Å². The summed E-state index contributed by atoms with van der Waals surface area (Å²) in [5.74, 6) is -4.92. The molecule has 0 spiro atoms. The van der Waals surface area contributed by atoms with Crippen molar-refractivity contribution in [2.45, 2.75) is 38.3 Å². The molecule has 1 saturated carbocycles. The molecule has 2 aromatic rings. The van der Waals surface area contributed by atoms with Crippen LogP contribution in [0.5, 0.6) is 0 Å². The minimum Gasteiger partial charge on any atom is -0.324 e. The number of benzene rings is 2. The van der Waals surface area contributed by atoms with Crippen molar-refractivity contribution in [2.75, 3.05) is 5.32 Å². The van der Waals surface area contributed by atoms with Gasteiger partial charge in [-0.1, -0.05) is 42.3 Å². The molecular weight excluding hydrogens is 429 g/mol. The first-order valence-electron chi connectivity index (χ1n) is 9.17. The Kier molecular flexibility index (Phi) is 6.44. The highest BCUT2D eigenvalue weighted by atomic mass is 35.5. The summed E-state index contributed by atoms with van der Waals surface area (Å²) in [6, 6.07) is 8.35. The average Bonchev–Trinajstić information content (AvgIpc) is 3.44. The number of hydrogen-bond donors (Lipinski definition) is 1. The number of anilines is 1. The normalized spacial score (nSPS) is 16.4. The van der Waals surface area contributed by atoms with Gasteiger partial charge in [-0.2, -0.15) is 13.2 Å². The lowest BCUT2D eigenvalue weighted by molar-refractivity contribution is -0.178. The molecule has 0 radical (unpaired) electrons. The van der Waals surface area contributed by atoms with E-state index in [0.717, 1.165) is 43.9 Å². The Bertz CT molecular complexity index is 912. The molecule has 0 aromatic heterocycles. The van der Waals surface area contributed by atoms with Crippen LogP contribution in [0.15, 0.2) is 36.4 Å². The number of halogens is 6. The first kappa shape index (κ1) is 21.9. The second kappa shape index (κ2) is 8.52. The second-order valence-electron chi connectivity index (χ2n) is 7.43. The Labute approximate surface area is 176 Å². The highest BCUT2D eigenvalue weighted by Crippen LogP contribution is 2.40. The largest absolute Gasteiger partial charge is 0.392 e. The molecule has 1 N–H and O–H groups in total. The van der Waals surface area contributed by atoms with Gasteiger partial charge in [0.25, 0.3) is 0 Å². The molecule has 1 aliphatic rings. The second-order valence-corrected chi connectivity index (χ2v) is 8.25. The first-order valence-corrected chi connectivity index (χ1v) is 9.93. The third kappa shape index (κ3) is 5.43. The molecule has 0 unspecified atom stereocenters. The van der Waals surface area contributed by atoms with E-state index in [-0.39, 0.29) is 21.3 Å². The smallest absolute Gasteiger partial charge is 0.324 e. The van der Waals surface area contributed by atoms with Crippen molar-refractivity contribution >= 4 is 34.8 Å². The molecule has 0 heterocycles. The third-order valence-corrected chi connectivity index (χ3v) is 5.75. The summed E-state index contributed by atoms with van der Waals surface area (Å²) in [4.78, 5) is 12.9. The van der Waals surface area contributed by atoms with E-state index in [1.165, 1.54) is 6.07 Å². The molecule has 2 aromatic carbocycles. The Morgan fingerprint density at radius 2 is 1.79 bits per heavy atom. The van der Waals surface area contributed by atoms with Gasteiger partial charge in [0.2, 0.25) is 5.91 Å². The van der Waals surface area contributed by atoms with Gasteiger partial charge in [-0.25, -0.2) is 4.39 Å². The van der Waals surface area contributed by atoms with Gasteiger partial charge in [0.1, 0.15) is 5.82 Å². The zero-order valence-corrected chi connectivity index (χ0v) is 17.0. The zero-order chi connectivity index (χ0) is 21.3. The zero-order valence-electron chi connectivity index (χ0n) is 15.5. The Morgan fingerprint density at radius 3 is 2.38 bits per heavy atom. The summed E-state index contributed by atoms with van der Waals surface area (Å²) >= 11 is 11.8. The molecule has 0 saturated heterocycles. The lowest BCUT2D eigenvalue weighted by atomic mass is 9.85. The van der Waals surface area contributed by atoms with Gasteiger partial charge in [-0.05, 0) is 60.6 Å². The SMILES string of the molecule is C[C@H]([C@H](C(=O)Nc1cc(CC2CC2)ccc1Cl)c1ccc(Cl)c(F)c1)C(F)(F)F. The van der Waals surface area contributed by atoms with Gasteiger partial charge in [0.15, 0.2) is 0 Å². The number of alkyl halides is 3. The van der Waals surface area contributed by atoms with Crippen LogP contribution in [-0.4, -0.2) is 12.1 Å². The molecule has 0 bridgehead atoms. The van der Waals surface area contributed by atoms with Crippen LogP contribution in [0.25, 0.3) is 0 Å². The maximum Gasteiger partial charge on any atom is 0.392 e. The van der Waals surface area contributed by atoms with Crippen LogP contribution in [0.4, 0.5) is 23.2 Å². The highest BCUT2D eigenvalue weighted by Gasteiger charge is 2.45. The van der Waals surface area contributed by atoms with E-state index >= 15 is 0 Å². The molecule has 0 aliphatic heterocycles. The lowest BCUT2D eigenvalue weighted by Gasteiger charge is -2.26. The number of nitrogens with one attached hydrogen (secondary N) is 1. The third-order valence-electron chi connectivity index (χ3n) is 5.11. The molecule has 8 heteroatoms. The van der Waals surface area contributed by atoms with Crippen molar-refractivity contribution in [3.8, 4) is 0 Å². The number of rotatable bonds is 6. The Morgan fingerprint density at radius 1 is 1.14 bits per heavy atom. The number of hydrogen-bond acceptors (Lipinski definition) is 1. The van der Waals surface area contributed by atoms with Crippen molar-refractivity contribution in [3.63, 3.8) is 0 Å². The predicted octanol–water partition coefficient (Wildman–Crippen LogP) is 7.01. The maximum absolute atomic E-state index is 13.9. The van der Waals surface area contributed by atoms with Gasteiger partial charge >= 0.3 is 6.18 Å². The van der Waals surface area contributed by atoms with E-state index in [0.29, 0.717) is 5.92 Å². The van der Waals surface area contributed by atoms with E-state index in [9.17, 15) is 22.4 Å². The average molecular weight is 448 g/mol. The molecular formula is C21H19Cl2F4NO. The molecule has 156 valence electrons. The van der Waals surface area contributed by atoms with Gasteiger partial charge in [0.05, 0.1) is 27.6 Å². The van der Waals surface area contributed by atoms with Crippen LogP contribution in [-0.2, 0) is 11.2 Å². The van der Waals surface area contributed by atoms with E-state index in [2.05, 4.69) is 5.32 Å². The fourth-order valence-corrected chi connectivity index (χ4v) is 3.51. The topological polar surface area (TPSA) is 29.1 Å². The summed E-state index contributed by atoms with van der Waals surface area (Å²) in [5, 5.41) is 2.49. The summed E-state index contributed by atoms with van der Waals surface area (Å²) < 4.78 is 54.2. The van der Waals surface area contributed by atoms with Crippen LogP contribution in [0.2, 0.25) is 10.0 Å². The molecule has 2 atom stereocenters. The summed E-state index contributed by atoms with van der Waals surface area (Å²) in [5.41, 5.74) is 1.08. The first-order chi connectivity index (χ1) is 13.6. The summed E-state index contributed by atoms with van der Waals surface area (Å²) in [7, 11) is 0. The minimum absolute atomic E-state index is 0.112. The van der Waals surface area contributed by atoms with Gasteiger partial charge < -0.3 is 5.32 Å². The summed E-state index contributed by atoms with van der Waals surface area (Å²) in [6.07, 6.45) is -1.56. The van der Waals surface area contributed by atoms with E-state index in [1.807, 2.05) is 6.07 Å². The molecule has 1 amide bonds. The Hall–Kier alpha value is -1.79. The fraction of sp³-hybridized carbons (Fsp3) is 0.381. The molecule has 3 rings (SSSR count). The van der Waals surface area contributed by atoms with Crippen LogP contribution < -0.4 is 5.32 Å². The van der Waals surface area contributed by atoms with Gasteiger partial charge in [0, 0.05) is 0 Å². The van der Waals surface area contributed by atoms with Crippen LogP contribution >= 0.6 is 23.2 Å². The van der Waals surface area contributed by atoms with E-state index in [4.69, 9.17) is 23.2 Å². The van der Waals surface area contributed by atoms with Crippen molar-refractivity contribution < 1.29 is 22.4 Å². The highest BCUT2D eigenvalue weighted by molar-refractivity contribution is 6.33. The quantitative estimate of drug-likeness (QED) is 0.474. The van der Waals surface area contributed by atoms with E-state index < -0.39 is 29.7 Å². The van der Waals surface area contributed by atoms with Crippen LogP contribution in [0.1, 0.15) is 36.8 Å². The maximum atomic E-state index is 13.9.